The van der Waals surface area contributed by atoms with Gasteiger partial charge in [0.15, 0.2) is 0 Å². The first-order valence-electron chi connectivity index (χ1n) is 8.34. The monoisotopic (exact) mass is 409 g/mol. The highest BCUT2D eigenvalue weighted by atomic mass is 35.5. The maximum atomic E-state index is 12.7. The molecule has 144 valence electrons. The van der Waals surface area contributed by atoms with Crippen molar-refractivity contribution >= 4 is 35.1 Å². The molecule has 1 unspecified atom stereocenters. The molecule has 0 spiro atoms. The fourth-order valence-electron chi connectivity index (χ4n) is 2.83. The first-order valence-corrected chi connectivity index (χ1v) is 9.10. The van der Waals surface area contributed by atoms with Crippen LogP contribution in [0.25, 0.3) is 0 Å². The van der Waals surface area contributed by atoms with Crippen molar-refractivity contribution in [3.05, 3.63) is 63.6 Å². The normalized spacial score (nSPS) is 11.7. The summed E-state index contributed by atoms with van der Waals surface area (Å²) in [6.45, 7) is 0.365. The molecule has 7 heteroatoms. The molecule has 0 aliphatic heterocycles. The topological polar surface area (TPSA) is 66.8 Å². The molecular weight excluding hydrogens is 389 g/mol. The van der Waals surface area contributed by atoms with Crippen LogP contribution in [0.4, 0.5) is 0 Å². The zero-order valence-electron chi connectivity index (χ0n) is 15.1. The van der Waals surface area contributed by atoms with Crippen LogP contribution in [0.3, 0.4) is 0 Å². The molecule has 0 bridgehead atoms. The Morgan fingerprint density at radius 1 is 1.11 bits per heavy atom. The number of halogens is 2. The van der Waals surface area contributed by atoms with Crippen LogP contribution in [-0.4, -0.2) is 36.0 Å². The summed E-state index contributed by atoms with van der Waals surface area (Å²) < 4.78 is 5.31. The van der Waals surface area contributed by atoms with Gasteiger partial charge < -0.3 is 14.7 Å². The smallest absolute Gasteiger partial charge is 0.303 e. The molecule has 0 saturated heterocycles. The van der Waals surface area contributed by atoms with Gasteiger partial charge in [0.1, 0.15) is 5.75 Å². The molecule has 2 rings (SSSR count). The van der Waals surface area contributed by atoms with Gasteiger partial charge in [-0.1, -0.05) is 47.5 Å². The molecule has 2 aromatic carbocycles. The molecule has 5 nitrogen and oxygen atoms in total. The van der Waals surface area contributed by atoms with E-state index in [1.807, 2.05) is 24.3 Å². The first-order chi connectivity index (χ1) is 12.8. The van der Waals surface area contributed by atoms with Gasteiger partial charge in [0.25, 0.3) is 0 Å². The number of aliphatic carboxylic acids is 1. The zero-order chi connectivity index (χ0) is 20.0. The number of carboxylic acid groups (broad SMARTS) is 1. The molecule has 0 saturated carbocycles. The lowest BCUT2D eigenvalue weighted by atomic mass is 9.92. The summed E-state index contributed by atoms with van der Waals surface area (Å²) in [6.07, 6.45) is -0.123. The number of amides is 1. The molecule has 1 N–H and O–H groups in total. The number of hydrogen-bond donors (Lipinski definition) is 1. The molecule has 0 aliphatic carbocycles. The van der Waals surface area contributed by atoms with Crippen LogP contribution in [0.5, 0.6) is 5.75 Å². The van der Waals surface area contributed by atoms with Crippen LogP contribution in [0, 0.1) is 0 Å². The highest BCUT2D eigenvalue weighted by molar-refractivity contribution is 6.42. The molecule has 0 fully saturated rings. The van der Waals surface area contributed by atoms with E-state index in [-0.39, 0.29) is 18.7 Å². The highest BCUT2D eigenvalue weighted by Crippen LogP contribution is 2.31. The maximum Gasteiger partial charge on any atom is 0.303 e. The van der Waals surface area contributed by atoms with Crippen LogP contribution >= 0.6 is 23.2 Å². The summed E-state index contributed by atoms with van der Waals surface area (Å²) in [7, 11) is 3.26. The summed E-state index contributed by atoms with van der Waals surface area (Å²) >= 11 is 12.0. The number of carbonyl (C=O) groups is 2. The second kappa shape index (κ2) is 9.62. The summed E-state index contributed by atoms with van der Waals surface area (Å²) in [4.78, 5) is 25.5. The van der Waals surface area contributed by atoms with E-state index in [2.05, 4.69) is 0 Å². The fraction of sp³-hybridized carbons (Fsp3) is 0.300. The molecule has 1 amide bonds. The van der Waals surface area contributed by atoms with Crippen LogP contribution < -0.4 is 4.74 Å². The Bertz CT molecular complexity index is 825. The van der Waals surface area contributed by atoms with Gasteiger partial charge in [0, 0.05) is 31.5 Å². The lowest BCUT2D eigenvalue weighted by Gasteiger charge is -2.22. The van der Waals surface area contributed by atoms with Crippen molar-refractivity contribution in [2.45, 2.75) is 25.3 Å². The van der Waals surface area contributed by atoms with Crippen LogP contribution in [0.2, 0.25) is 10.0 Å². The van der Waals surface area contributed by atoms with Crippen molar-refractivity contribution in [3.8, 4) is 5.75 Å². The van der Waals surface area contributed by atoms with Gasteiger partial charge >= 0.3 is 5.97 Å². The van der Waals surface area contributed by atoms with E-state index < -0.39 is 11.9 Å². The number of ether oxygens (including phenoxy) is 1. The third kappa shape index (κ3) is 5.88. The maximum absolute atomic E-state index is 12.7. The first kappa shape index (κ1) is 21.1. The average molecular weight is 410 g/mol. The fourth-order valence-corrected chi connectivity index (χ4v) is 3.14. The van der Waals surface area contributed by atoms with E-state index in [0.29, 0.717) is 27.9 Å². The highest BCUT2D eigenvalue weighted by Gasteiger charge is 2.22. The standard InChI is InChI=1S/C20H21Cl2NO4/c1-23(12-14-5-3-4-6-18(14)27-2)19(24)10-15(11-20(25)26)13-7-8-16(21)17(22)9-13/h3-9,15H,10-12H2,1-2H3,(H,25,26). The Labute approximate surface area is 168 Å². The van der Waals surface area contributed by atoms with Gasteiger partial charge in [0.2, 0.25) is 5.91 Å². The quantitative estimate of drug-likeness (QED) is 0.690. The number of carboxylic acids is 1. The van der Waals surface area contributed by atoms with E-state index in [9.17, 15) is 14.7 Å². The zero-order valence-corrected chi connectivity index (χ0v) is 16.6. The Morgan fingerprint density at radius 3 is 2.44 bits per heavy atom. The average Bonchev–Trinajstić information content (AvgIpc) is 2.63. The van der Waals surface area contributed by atoms with Crippen LogP contribution in [0.1, 0.15) is 29.9 Å². The molecule has 27 heavy (non-hydrogen) atoms. The van der Waals surface area contributed by atoms with Crippen molar-refractivity contribution in [2.75, 3.05) is 14.2 Å². The lowest BCUT2D eigenvalue weighted by molar-refractivity contribution is -0.137. The Hall–Kier alpha value is -2.24. The van der Waals surface area contributed by atoms with Crippen LogP contribution in [0.15, 0.2) is 42.5 Å². The summed E-state index contributed by atoms with van der Waals surface area (Å²) in [6, 6.07) is 12.4. The minimum atomic E-state index is -0.980. The number of carbonyl (C=O) groups excluding carboxylic acids is 1. The van der Waals surface area contributed by atoms with Gasteiger partial charge in [-0.05, 0) is 23.8 Å². The second-order valence-corrected chi connectivity index (χ2v) is 7.05. The SMILES string of the molecule is COc1ccccc1CN(C)C(=O)CC(CC(=O)O)c1ccc(Cl)c(Cl)c1. The van der Waals surface area contributed by atoms with E-state index in [0.717, 1.165) is 5.56 Å². The van der Waals surface area contributed by atoms with Crippen molar-refractivity contribution in [1.82, 2.24) is 4.90 Å². The van der Waals surface area contributed by atoms with Gasteiger partial charge in [-0.25, -0.2) is 0 Å². The van der Waals surface area contributed by atoms with Crippen molar-refractivity contribution in [1.29, 1.82) is 0 Å². The lowest BCUT2D eigenvalue weighted by Crippen LogP contribution is -2.28. The largest absolute Gasteiger partial charge is 0.496 e. The van der Waals surface area contributed by atoms with Crippen LogP contribution in [-0.2, 0) is 16.1 Å². The predicted octanol–water partition coefficient (Wildman–Crippen LogP) is 4.61. The second-order valence-electron chi connectivity index (χ2n) is 6.23. The van der Waals surface area contributed by atoms with Gasteiger partial charge in [-0.3, -0.25) is 9.59 Å². The molecule has 0 heterocycles. The summed E-state index contributed by atoms with van der Waals surface area (Å²) in [5.41, 5.74) is 1.55. The van der Waals surface area contributed by atoms with Crippen molar-refractivity contribution in [3.63, 3.8) is 0 Å². The number of rotatable bonds is 8. The van der Waals surface area contributed by atoms with E-state index in [1.54, 1.807) is 37.3 Å². The van der Waals surface area contributed by atoms with Gasteiger partial charge in [-0.15, -0.1) is 0 Å². The molecular formula is C20H21Cl2NO4. The summed E-state index contributed by atoms with van der Waals surface area (Å²) in [5, 5.41) is 9.94. The predicted molar refractivity (Wildman–Crippen MR) is 106 cm³/mol. The van der Waals surface area contributed by atoms with E-state index in [4.69, 9.17) is 27.9 Å². The Morgan fingerprint density at radius 2 is 1.81 bits per heavy atom. The number of nitrogens with zero attached hydrogens (tertiary/aromatic N) is 1. The number of para-hydroxylation sites is 1. The number of methoxy groups -OCH3 is 1. The number of hydrogen-bond acceptors (Lipinski definition) is 3. The minimum Gasteiger partial charge on any atom is -0.496 e. The molecule has 0 aliphatic rings. The Kier molecular flexibility index (Phi) is 7.51. The van der Waals surface area contributed by atoms with Crippen molar-refractivity contribution in [2.24, 2.45) is 0 Å². The molecule has 1 atom stereocenters. The van der Waals surface area contributed by atoms with E-state index in [1.165, 1.54) is 0 Å². The molecule has 0 aromatic heterocycles. The molecule has 2 aromatic rings. The third-order valence-electron chi connectivity index (χ3n) is 4.28. The summed E-state index contributed by atoms with van der Waals surface area (Å²) in [5.74, 6) is -0.946. The molecule has 0 radical (unpaired) electrons. The van der Waals surface area contributed by atoms with Gasteiger partial charge in [0.05, 0.1) is 23.6 Å². The van der Waals surface area contributed by atoms with E-state index >= 15 is 0 Å². The third-order valence-corrected chi connectivity index (χ3v) is 5.02. The van der Waals surface area contributed by atoms with Crippen molar-refractivity contribution < 1.29 is 19.4 Å². The minimum absolute atomic E-state index is 0.0515. The van der Waals surface area contributed by atoms with Gasteiger partial charge in [-0.2, -0.15) is 0 Å². The Balaban J connectivity index is 2.14. The number of benzene rings is 2.